The van der Waals surface area contributed by atoms with Crippen molar-refractivity contribution < 1.29 is 42.9 Å². The Morgan fingerprint density at radius 1 is 1.03 bits per heavy atom. The first-order valence-corrected chi connectivity index (χ1v) is 13.0. The summed E-state index contributed by atoms with van der Waals surface area (Å²) in [6.45, 7) is 6.71. The van der Waals surface area contributed by atoms with E-state index in [-0.39, 0.29) is 13.2 Å². The van der Waals surface area contributed by atoms with Crippen LogP contribution in [0.5, 0.6) is 5.75 Å². The van der Waals surface area contributed by atoms with Gasteiger partial charge >= 0.3 is 17.9 Å². The summed E-state index contributed by atoms with van der Waals surface area (Å²) in [5, 5.41) is 11.6. The van der Waals surface area contributed by atoms with Crippen LogP contribution in [0.1, 0.15) is 39.1 Å². The van der Waals surface area contributed by atoms with Crippen LogP contribution in [0.25, 0.3) is 0 Å². The van der Waals surface area contributed by atoms with Crippen LogP contribution in [-0.4, -0.2) is 75.0 Å². The zero-order valence-corrected chi connectivity index (χ0v) is 23.4. The van der Waals surface area contributed by atoms with Crippen LogP contribution in [-0.2, 0) is 51.8 Å². The van der Waals surface area contributed by atoms with Crippen molar-refractivity contribution in [2.75, 3.05) is 6.61 Å². The van der Waals surface area contributed by atoms with Gasteiger partial charge in [0, 0.05) is 34.7 Å². The lowest BCUT2D eigenvalue weighted by atomic mass is 9.97. The molecule has 13 nitrogen and oxygen atoms in total. The van der Waals surface area contributed by atoms with E-state index in [0.29, 0.717) is 16.7 Å². The van der Waals surface area contributed by atoms with Crippen LogP contribution >= 0.6 is 11.8 Å². The molecule has 0 spiro atoms. The largest absolute Gasteiger partial charge is 0.486 e. The van der Waals surface area contributed by atoms with E-state index in [1.54, 1.807) is 11.6 Å². The molecule has 2 heterocycles. The fraction of sp³-hybridized carbons (Fsp3) is 0.520. The average Bonchev–Trinajstić information content (AvgIpc) is 3.18. The monoisotopic (exact) mass is 564 g/mol. The SMILES string of the molecule is CC(=O)N[C@H]1[C@H](OC(C)=O)[C@@H](OC(C)=O)[C@@H](COC(C)=O)O[C@H]1Sc1nnc(COc2cccc(C)c2)n1C. The van der Waals surface area contributed by atoms with Crippen molar-refractivity contribution >= 4 is 35.6 Å². The normalized spacial score (nSPS) is 22.5. The Labute approximate surface area is 229 Å². The van der Waals surface area contributed by atoms with Gasteiger partial charge < -0.3 is 33.6 Å². The molecule has 3 rings (SSSR count). The number of thioether (sulfide) groups is 1. The number of nitrogens with zero attached hydrogens (tertiary/aromatic N) is 3. The van der Waals surface area contributed by atoms with Crippen LogP contribution in [0, 0.1) is 6.92 Å². The third-order valence-electron chi connectivity index (χ3n) is 5.58. The predicted octanol–water partition coefficient (Wildman–Crippen LogP) is 1.45. The summed E-state index contributed by atoms with van der Waals surface area (Å²) in [6.07, 6.45) is -3.33. The minimum absolute atomic E-state index is 0.147. The number of carbonyl (C=O) groups is 4. The van der Waals surface area contributed by atoms with Gasteiger partial charge in [-0.05, 0) is 24.6 Å². The molecule has 1 saturated heterocycles. The molecular formula is C25H32N4O9S. The minimum atomic E-state index is -1.17. The number of esters is 3. The molecule has 0 unspecified atom stereocenters. The van der Waals surface area contributed by atoms with Crippen molar-refractivity contribution in [3.63, 3.8) is 0 Å². The highest BCUT2D eigenvalue weighted by atomic mass is 32.2. The van der Waals surface area contributed by atoms with Crippen molar-refractivity contribution in [2.45, 2.75) is 76.2 Å². The molecule has 1 aliphatic rings. The summed E-state index contributed by atoms with van der Waals surface area (Å²) in [5.41, 5.74) is 0.150. The maximum absolute atomic E-state index is 12.1. The summed E-state index contributed by atoms with van der Waals surface area (Å²) in [5.74, 6) is -1.15. The Kier molecular flexibility index (Phi) is 10.3. The maximum Gasteiger partial charge on any atom is 0.303 e. The molecule has 0 saturated carbocycles. The van der Waals surface area contributed by atoms with E-state index in [0.717, 1.165) is 17.3 Å². The second kappa shape index (κ2) is 13.4. The molecule has 14 heteroatoms. The molecule has 1 aliphatic heterocycles. The molecule has 5 atom stereocenters. The fourth-order valence-electron chi connectivity index (χ4n) is 3.92. The topological polar surface area (TPSA) is 157 Å². The van der Waals surface area contributed by atoms with E-state index in [4.69, 9.17) is 23.7 Å². The van der Waals surface area contributed by atoms with Crippen LogP contribution < -0.4 is 10.1 Å². The lowest BCUT2D eigenvalue weighted by molar-refractivity contribution is -0.211. The number of ether oxygens (including phenoxy) is 5. The van der Waals surface area contributed by atoms with Gasteiger partial charge in [-0.3, -0.25) is 19.2 Å². The van der Waals surface area contributed by atoms with Gasteiger partial charge in [0.15, 0.2) is 23.2 Å². The van der Waals surface area contributed by atoms with Crippen LogP contribution in [0.3, 0.4) is 0 Å². The molecule has 1 amide bonds. The molecule has 1 aromatic heterocycles. The van der Waals surface area contributed by atoms with E-state index < -0.39 is 53.6 Å². The van der Waals surface area contributed by atoms with Crippen LogP contribution in [0.4, 0.5) is 0 Å². The summed E-state index contributed by atoms with van der Waals surface area (Å²) < 4.78 is 29.8. The molecule has 0 radical (unpaired) electrons. The summed E-state index contributed by atoms with van der Waals surface area (Å²) >= 11 is 1.10. The number of rotatable bonds is 10. The van der Waals surface area contributed by atoms with Gasteiger partial charge in [0.1, 0.15) is 36.5 Å². The van der Waals surface area contributed by atoms with Gasteiger partial charge in [-0.15, -0.1) is 10.2 Å². The van der Waals surface area contributed by atoms with Gasteiger partial charge in [0.25, 0.3) is 0 Å². The second-order valence-electron chi connectivity index (χ2n) is 8.90. The smallest absolute Gasteiger partial charge is 0.303 e. The molecule has 2 aromatic rings. The Morgan fingerprint density at radius 3 is 2.33 bits per heavy atom. The van der Waals surface area contributed by atoms with Crippen molar-refractivity contribution in [1.29, 1.82) is 0 Å². The van der Waals surface area contributed by atoms with Crippen molar-refractivity contribution in [2.24, 2.45) is 7.05 Å². The standard InChI is InChI=1S/C25H32N4O9S/c1-13-8-7-9-18(10-13)35-12-20-27-28-25(29(20)6)39-24-21(26-14(2)30)23(37-17(5)33)22(36-16(4)32)19(38-24)11-34-15(3)31/h7-10,19,21-24H,11-12H2,1-6H3,(H,26,30)/t19-,21+,22+,23+,24+/m1/s1. The number of aromatic nitrogens is 3. The summed E-state index contributed by atoms with van der Waals surface area (Å²) in [4.78, 5) is 47.6. The Balaban J connectivity index is 1.89. The number of aryl methyl sites for hydroxylation is 1. The molecule has 1 N–H and O–H groups in total. The van der Waals surface area contributed by atoms with E-state index in [9.17, 15) is 19.2 Å². The molecule has 1 fully saturated rings. The first-order chi connectivity index (χ1) is 18.4. The number of amides is 1. The molecular weight excluding hydrogens is 532 g/mol. The van der Waals surface area contributed by atoms with Crippen molar-refractivity contribution in [1.82, 2.24) is 20.1 Å². The van der Waals surface area contributed by atoms with Gasteiger partial charge in [-0.2, -0.15) is 0 Å². The molecule has 0 bridgehead atoms. The number of hydrogen-bond acceptors (Lipinski definition) is 12. The highest BCUT2D eigenvalue weighted by Gasteiger charge is 2.51. The molecule has 39 heavy (non-hydrogen) atoms. The Hall–Kier alpha value is -3.65. The van der Waals surface area contributed by atoms with E-state index >= 15 is 0 Å². The zero-order chi connectivity index (χ0) is 28.7. The van der Waals surface area contributed by atoms with E-state index in [1.165, 1.54) is 27.7 Å². The quantitative estimate of drug-likeness (QED) is 0.328. The van der Waals surface area contributed by atoms with Crippen LogP contribution in [0.15, 0.2) is 29.4 Å². The highest BCUT2D eigenvalue weighted by molar-refractivity contribution is 7.99. The lowest BCUT2D eigenvalue weighted by Crippen LogP contribution is -2.65. The van der Waals surface area contributed by atoms with Gasteiger partial charge in [0.2, 0.25) is 5.91 Å². The minimum Gasteiger partial charge on any atom is -0.486 e. The third kappa shape index (κ3) is 8.42. The Bertz CT molecular complexity index is 1200. The first-order valence-electron chi connectivity index (χ1n) is 12.1. The molecule has 212 valence electrons. The van der Waals surface area contributed by atoms with Gasteiger partial charge in [-0.1, -0.05) is 23.9 Å². The number of carbonyl (C=O) groups excluding carboxylic acids is 4. The molecule has 1 aromatic carbocycles. The van der Waals surface area contributed by atoms with E-state index in [2.05, 4.69) is 15.5 Å². The van der Waals surface area contributed by atoms with Crippen molar-refractivity contribution in [3.8, 4) is 5.75 Å². The summed E-state index contributed by atoms with van der Waals surface area (Å²) in [7, 11) is 1.75. The first kappa shape index (κ1) is 29.9. The maximum atomic E-state index is 12.1. The number of benzene rings is 1. The number of hydrogen-bond donors (Lipinski definition) is 1. The lowest BCUT2D eigenvalue weighted by Gasteiger charge is -2.44. The van der Waals surface area contributed by atoms with Crippen LogP contribution in [0.2, 0.25) is 0 Å². The zero-order valence-electron chi connectivity index (χ0n) is 22.5. The van der Waals surface area contributed by atoms with Crippen molar-refractivity contribution in [3.05, 3.63) is 35.7 Å². The molecule has 0 aliphatic carbocycles. The third-order valence-corrected chi connectivity index (χ3v) is 6.78. The van der Waals surface area contributed by atoms with Gasteiger partial charge in [-0.25, -0.2) is 0 Å². The van der Waals surface area contributed by atoms with Gasteiger partial charge in [0.05, 0.1) is 0 Å². The Morgan fingerprint density at radius 2 is 1.72 bits per heavy atom. The fourth-order valence-corrected chi connectivity index (χ4v) is 5.05. The second-order valence-corrected chi connectivity index (χ2v) is 9.97. The number of nitrogens with one attached hydrogen (secondary N) is 1. The predicted molar refractivity (Wildman–Crippen MR) is 136 cm³/mol. The summed E-state index contributed by atoms with van der Waals surface area (Å²) in [6, 6.07) is 6.63. The average molecular weight is 565 g/mol. The van der Waals surface area contributed by atoms with E-state index in [1.807, 2.05) is 31.2 Å². The highest BCUT2D eigenvalue weighted by Crippen LogP contribution is 2.35.